The Hall–Kier alpha value is -8.67. The van der Waals surface area contributed by atoms with Crippen LogP contribution in [0.2, 0.25) is 15.2 Å². The molecule has 1 unspecified atom stereocenters. The number of nitrogen functional groups attached to an aromatic ring is 1. The Kier molecular flexibility index (Phi) is 27.2. The zero-order valence-electron chi connectivity index (χ0n) is 50.0. The molecule has 2 amide bonds. The molecule has 0 aliphatic heterocycles. The number of ether oxygens (including phenoxy) is 5. The van der Waals surface area contributed by atoms with Gasteiger partial charge in [-0.3, -0.25) is 15.1 Å². The molecule has 28 nitrogen and oxygen atoms in total. The number of alkyl halides is 3. The van der Waals surface area contributed by atoms with Gasteiger partial charge in [-0.25, -0.2) is 63.5 Å². The summed E-state index contributed by atoms with van der Waals surface area (Å²) in [6.45, 7) is 5.08. The molecule has 4 aromatic heterocycles. The first-order valence-corrected chi connectivity index (χ1v) is 32.6. The second-order valence-electron chi connectivity index (χ2n) is 19.0. The van der Waals surface area contributed by atoms with Gasteiger partial charge in [0, 0.05) is 37.0 Å². The molecule has 7 aromatic rings. The average molecular weight is 1410 g/mol. The van der Waals surface area contributed by atoms with Gasteiger partial charge in [0.05, 0.1) is 77.2 Å². The lowest BCUT2D eigenvalue weighted by Crippen LogP contribution is -2.35. The predicted octanol–water partition coefficient (Wildman–Crippen LogP) is 8.38. The number of esters is 2. The summed E-state index contributed by atoms with van der Waals surface area (Å²) in [6.07, 6.45) is 2.71. The molecule has 7 N–H and O–H groups in total. The molecule has 92 heavy (non-hydrogen) atoms. The average Bonchev–Trinajstić information content (AvgIpc) is 1.36. The maximum atomic E-state index is 12.9. The van der Waals surface area contributed by atoms with E-state index < -0.39 is 86.6 Å². The highest BCUT2D eigenvalue weighted by Gasteiger charge is 2.34. The fraction of sp³-hybridized carbons (Fsp3) is 0.309. The lowest BCUT2D eigenvalue weighted by molar-refractivity contribution is -0.151. The number of ketones is 1. The molecule has 0 spiro atoms. The van der Waals surface area contributed by atoms with Crippen LogP contribution in [-0.2, 0) is 63.9 Å². The lowest BCUT2D eigenvalue weighted by atomic mass is 10.0. The molecule has 0 bridgehead atoms. The number of hydrogen-bond acceptors (Lipinski definition) is 23. The van der Waals surface area contributed by atoms with Crippen molar-refractivity contribution < 1.29 is 96.3 Å². The molecule has 3 aromatic carbocycles. The van der Waals surface area contributed by atoms with E-state index in [1.165, 1.54) is 46.4 Å². The highest BCUT2D eigenvalue weighted by Crippen LogP contribution is 2.35. The maximum absolute atomic E-state index is 12.9. The number of carboxylic acids is 1. The van der Waals surface area contributed by atoms with Crippen molar-refractivity contribution in [3.8, 4) is 23.4 Å². The second-order valence-corrected chi connectivity index (χ2v) is 25.6. The molecule has 0 saturated carbocycles. The van der Waals surface area contributed by atoms with E-state index in [4.69, 9.17) is 64.6 Å². The summed E-state index contributed by atoms with van der Waals surface area (Å²) in [5.41, 5.74) is 3.80. The van der Waals surface area contributed by atoms with E-state index in [-0.39, 0.29) is 86.9 Å². The number of fused-ring (bicyclic) bond motifs is 1. The first kappa shape index (κ1) is 75.8. The number of aromatic nitrogens is 6. The third-order valence-corrected chi connectivity index (χ3v) is 16.0. The number of aromatic hydroxyl groups is 1. The summed E-state index contributed by atoms with van der Waals surface area (Å²) >= 11 is 17.1. The molecule has 4 heterocycles. The van der Waals surface area contributed by atoms with Crippen molar-refractivity contribution in [3.63, 3.8) is 0 Å². The number of sulfone groups is 1. The van der Waals surface area contributed by atoms with E-state index in [0.29, 0.717) is 34.7 Å². The van der Waals surface area contributed by atoms with Gasteiger partial charge in [-0.2, -0.15) is 28.2 Å². The number of aryl methyl sites for hydroxylation is 2. The molecular formula is C55H60Cl3F3N10O18S3. The fourth-order valence-corrected chi connectivity index (χ4v) is 10.7. The molecule has 0 radical (unpaired) electrons. The van der Waals surface area contributed by atoms with Crippen LogP contribution in [0.5, 0.6) is 23.4 Å². The first-order valence-electron chi connectivity index (χ1n) is 26.2. The number of carboxylic acid groups (broad SMARTS) is 1. The van der Waals surface area contributed by atoms with Crippen molar-refractivity contribution in [2.75, 3.05) is 51.5 Å². The number of urea groups is 1. The minimum atomic E-state index is -4.76. The van der Waals surface area contributed by atoms with Crippen molar-refractivity contribution in [1.29, 1.82) is 0 Å². The van der Waals surface area contributed by atoms with Crippen LogP contribution in [0.4, 0.5) is 29.6 Å². The van der Waals surface area contributed by atoms with Gasteiger partial charge in [-0.05, 0) is 92.9 Å². The summed E-state index contributed by atoms with van der Waals surface area (Å²) in [5.74, 6) is -3.75. The molecular weight excluding hydrogens is 1350 g/mol. The van der Waals surface area contributed by atoms with Crippen LogP contribution < -0.4 is 34.7 Å². The minimum Gasteiger partial charge on any atom is -0.493 e. The largest absolute Gasteiger partial charge is 0.493 e. The Labute approximate surface area is 539 Å². The molecule has 1 atom stereocenters. The fourth-order valence-electron chi connectivity index (χ4n) is 7.63. The number of anilines is 2. The SMILES string of the molecule is CCCCCC(C)OC(=O)COc1ccc(Cl)c2cccnc12.COC(=O)c1ccc(CNS(C)(=O)=O)cc1S(=O)(=O)NC(=O)Nc1nc(OC)cc(OC)n1.Cc1nn(C)c(O)c1C(=O)c1ccc(C(F)(F)F)cc1S(C)(=O)=O.Nc1cc(Cl)nc(C(=O)O)c1Cl. The number of pyridine rings is 2. The number of nitrogens with zero attached hydrogens (tertiary/aromatic N) is 6. The Balaban J connectivity index is 0.000000274. The number of nitrogens with two attached hydrogens (primary N) is 1. The number of methoxy groups -OCH3 is 3. The van der Waals surface area contributed by atoms with E-state index in [1.807, 2.05) is 19.1 Å². The number of hydrogen-bond donors (Lipinski definition) is 6. The van der Waals surface area contributed by atoms with Crippen LogP contribution in [0.3, 0.4) is 0 Å². The highest BCUT2D eigenvalue weighted by atomic mass is 35.5. The lowest BCUT2D eigenvalue weighted by Gasteiger charge is -2.14. The summed E-state index contributed by atoms with van der Waals surface area (Å²) in [4.78, 5) is 73.4. The number of sulfonamides is 2. The van der Waals surface area contributed by atoms with Gasteiger partial charge < -0.3 is 39.6 Å². The monoisotopic (exact) mass is 1410 g/mol. The Morgan fingerprint density at radius 3 is 2.03 bits per heavy atom. The van der Waals surface area contributed by atoms with Gasteiger partial charge in [-0.15, -0.1) is 0 Å². The van der Waals surface area contributed by atoms with Gasteiger partial charge in [0.1, 0.15) is 26.9 Å². The number of benzene rings is 3. The van der Waals surface area contributed by atoms with Gasteiger partial charge >= 0.3 is 30.1 Å². The zero-order valence-corrected chi connectivity index (χ0v) is 54.7. The standard InChI is InChI=1S/C18H22ClNO3.C17H21N5O9S2.C14H13F3N2O4S.C6H4Cl2N2O2/c1-3-4-5-7-13(2)23-17(21)12-22-16-10-9-15(19)14-8-6-11-20-18(14)16;1-29-13-8-14(30-2)20-16(19-13)21-17(24)22-33(27,28)12-7-10(9-18-32(4,25)26)5-6-11(12)15(23)31-3;1-7-11(13(21)19(2)18-7)12(20)9-5-4-8(14(15,16)17)6-10(9)24(3,22)23;7-3-1-2(9)4(8)5(10-3)6(11)12/h6,8-11,13H,3-5,7,12H2,1-2H3;5-8,18H,9H2,1-4H3,(H2,19,20,21,22,24);4-6,21H,1-3H3;1H,(H2,9,10)(H,11,12). The third-order valence-electron chi connectivity index (χ3n) is 11.9. The molecule has 0 aliphatic rings. The van der Waals surface area contributed by atoms with Crippen molar-refractivity contribution in [3.05, 3.63) is 133 Å². The van der Waals surface area contributed by atoms with Gasteiger partial charge in [0.25, 0.3) is 10.0 Å². The zero-order chi connectivity index (χ0) is 69.2. The molecule has 7 rings (SSSR count). The van der Waals surface area contributed by atoms with E-state index in [9.17, 15) is 67.5 Å². The minimum absolute atomic E-state index is 0.00861. The summed E-state index contributed by atoms with van der Waals surface area (Å²) < 4.78 is 141. The van der Waals surface area contributed by atoms with E-state index >= 15 is 0 Å². The molecule has 498 valence electrons. The van der Waals surface area contributed by atoms with Crippen molar-refractivity contribution >= 4 is 117 Å². The Bertz CT molecular complexity index is 4200. The molecule has 0 aliphatic carbocycles. The number of carbonyl (C=O) groups excluding carboxylic acids is 4. The van der Waals surface area contributed by atoms with Crippen LogP contribution in [0.1, 0.15) is 93.1 Å². The van der Waals surface area contributed by atoms with Gasteiger partial charge in [0.15, 0.2) is 22.1 Å². The second kappa shape index (κ2) is 33.1. The van der Waals surface area contributed by atoms with Crippen molar-refractivity contribution in [1.82, 2.24) is 39.2 Å². The Morgan fingerprint density at radius 2 is 1.48 bits per heavy atom. The number of unbranched alkanes of at least 4 members (excludes halogenated alkanes) is 2. The van der Waals surface area contributed by atoms with Crippen LogP contribution in [-0.4, -0.2) is 141 Å². The molecule has 0 fully saturated rings. The van der Waals surface area contributed by atoms with Crippen LogP contribution in [0.25, 0.3) is 10.9 Å². The van der Waals surface area contributed by atoms with Crippen LogP contribution >= 0.6 is 34.8 Å². The van der Waals surface area contributed by atoms with Crippen LogP contribution in [0, 0.1) is 6.92 Å². The number of halogens is 6. The van der Waals surface area contributed by atoms with Crippen molar-refractivity contribution in [2.24, 2.45) is 7.05 Å². The number of carbonyl (C=O) groups is 5. The number of nitrogens with one attached hydrogen (secondary N) is 3. The number of amides is 2. The van der Waals surface area contributed by atoms with Gasteiger partial charge in [-0.1, -0.05) is 60.6 Å². The predicted molar refractivity (Wildman–Crippen MR) is 329 cm³/mol. The summed E-state index contributed by atoms with van der Waals surface area (Å²) in [7, 11) is -7.28. The topological polar surface area (TPSA) is 406 Å². The molecule has 37 heteroatoms. The van der Waals surface area contributed by atoms with Crippen molar-refractivity contribution in [2.45, 2.75) is 75.1 Å². The van der Waals surface area contributed by atoms with Crippen LogP contribution in [0.15, 0.2) is 88.8 Å². The maximum Gasteiger partial charge on any atom is 0.416 e. The quantitative estimate of drug-likeness (QED) is 0.0170. The van der Waals surface area contributed by atoms with E-state index in [2.05, 4.69) is 46.7 Å². The highest BCUT2D eigenvalue weighted by molar-refractivity contribution is 7.91. The van der Waals surface area contributed by atoms with E-state index in [0.717, 1.165) is 67.3 Å². The van der Waals surface area contributed by atoms with Gasteiger partial charge in [0.2, 0.25) is 39.4 Å². The third kappa shape index (κ3) is 22.0. The normalized spacial score (nSPS) is 11.6. The molecule has 0 saturated heterocycles. The Morgan fingerprint density at radius 1 is 0.837 bits per heavy atom. The smallest absolute Gasteiger partial charge is 0.416 e. The first-order chi connectivity index (χ1) is 42.8. The van der Waals surface area contributed by atoms with E-state index in [1.54, 1.807) is 23.1 Å². The number of rotatable bonds is 21. The summed E-state index contributed by atoms with van der Waals surface area (Å²) in [5, 5.41) is 25.7. The summed E-state index contributed by atoms with van der Waals surface area (Å²) in [6, 6.07) is 13.8. The number of aromatic carboxylic acids is 1.